The molecule has 0 radical (unpaired) electrons. The second kappa shape index (κ2) is 11.5. The standard InChI is InChI=1S/C42H62FNO5/c1-25(2)32-29(45)23-42(44-35(48)49-36(3,4)5)22-21-39(9)28(33(32)42)11-12-31-38(8)17-15-27(37(6,7)30(38)16-18-40(31,39)10)26-13-19-41(24-43,20-14-26)34(46)47/h13,15,25,28,30-31H,11-12,14,16-24H2,1-10H3,(H,44,48)(H,46,47)/t28-,30+,31-,38+,39-,40-,41?,42-/m1/s1. The van der Waals surface area contributed by atoms with Gasteiger partial charge in [-0.1, -0.05) is 60.6 Å². The molecular weight excluding hydrogens is 617 g/mol. The lowest BCUT2D eigenvalue weighted by atomic mass is 9.33. The molecule has 272 valence electrons. The molecule has 6 nitrogen and oxygen atoms in total. The lowest BCUT2D eigenvalue weighted by Gasteiger charge is -2.71. The van der Waals surface area contributed by atoms with Crippen LogP contribution in [0.1, 0.15) is 140 Å². The summed E-state index contributed by atoms with van der Waals surface area (Å²) in [4.78, 5) is 39.1. The van der Waals surface area contributed by atoms with Crippen LogP contribution in [0.3, 0.4) is 0 Å². The van der Waals surface area contributed by atoms with Crippen LogP contribution in [0, 0.1) is 50.7 Å². The number of carbonyl (C=O) groups excluding carboxylic acids is 2. The minimum atomic E-state index is -1.28. The molecule has 6 aliphatic carbocycles. The Bertz CT molecular complexity index is 1530. The van der Waals surface area contributed by atoms with E-state index in [1.165, 1.54) is 16.7 Å². The van der Waals surface area contributed by atoms with Crippen molar-refractivity contribution in [2.45, 2.75) is 151 Å². The molecule has 49 heavy (non-hydrogen) atoms. The largest absolute Gasteiger partial charge is 0.481 e. The highest BCUT2D eigenvalue weighted by Crippen LogP contribution is 2.76. The number of carboxylic acids is 1. The van der Waals surface area contributed by atoms with Crippen molar-refractivity contribution in [3.8, 4) is 0 Å². The molecule has 0 heterocycles. The fraction of sp³-hybridized carbons (Fsp3) is 0.786. The molecule has 7 heteroatoms. The van der Waals surface area contributed by atoms with Gasteiger partial charge >= 0.3 is 12.1 Å². The number of nitrogens with one attached hydrogen (secondary N) is 1. The topological polar surface area (TPSA) is 92.7 Å². The molecule has 0 bridgehead atoms. The molecule has 6 aliphatic rings. The zero-order chi connectivity index (χ0) is 36.2. The van der Waals surface area contributed by atoms with Crippen molar-refractivity contribution in [3.05, 3.63) is 34.4 Å². The van der Waals surface area contributed by atoms with Crippen LogP contribution in [0.4, 0.5) is 9.18 Å². The van der Waals surface area contributed by atoms with E-state index in [4.69, 9.17) is 4.74 Å². The van der Waals surface area contributed by atoms with Gasteiger partial charge in [0.1, 0.15) is 12.3 Å². The normalized spacial score (nSPS) is 41.6. The lowest BCUT2D eigenvalue weighted by Crippen LogP contribution is -2.66. The molecule has 0 aromatic heterocycles. The number of aliphatic carboxylic acids is 1. The first kappa shape index (κ1) is 36.4. The summed E-state index contributed by atoms with van der Waals surface area (Å²) >= 11 is 0. The average Bonchev–Trinajstić information content (AvgIpc) is 3.28. The first-order valence-corrected chi connectivity index (χ1v) is 19.1. The van der Waals surface area contributed by atoms with Gasteiger partial charge in [0, 0.05) is 6.42 Å². The lowest BCUT2D eigenvalue weighted by molar-refractivity contribution is -0.196. The molecule has 0 aromatic rings. The third kappa shape index (κ3) is 5.23. The average molecular weight is 680 g/mol. The summed E-state index contributed by atoms with van der Waals surface area (Å²) < 4.78 is 19.7. The summed E-state index contributed by atoms with van der Waals surface area (Å²) in [6.07, 6.45) is 12.7. The van der Waals surface area contributed by atoms with Crippen molar-refractivity contribution >= 4 is 17.8 Å². The molecule has 3 saturated carbocycles. The maximum Gasteiger partial charge on any atom is 0.408 e. The van der Waals surface area contributed by atoms with Gasteiger partial charge in [-0.3, -0.25) is 9.59 Å². The highest BCUT2D eigenvalue weighted by atomic mass is 19.1. The van der Waals surface area contributed by atoms with Crippen LogP contribution in [-0.2, 0) is 14.3 Å². The number of hydrogen-bond acceptors (Lipinski definition) is 4. The van der Waals surface area contributed by atoms with E-state index in [1.54, 1.807) is 0 Å². The van der Waals surface area contributed by atoms with Gasteiger partial charge in [0.05, 0.1) is 11.0 Å². The Morgan fingerprint density at radius 2 is 1.65 bits per heavy atom. The summed E-state index contributed by atoms with van der Waals surface area (Å²) in [5.41, 5.74) is 2.20. The first-order valence-electron chi connectivity index (χ1n) is 19.1. The third-order valence-corrected chi connectivity index (χ3v) is 15.4. The van der Waals surface area contributed by atoms with Crippen LogP contribution in [0.25, 0.3) is 0 Å². The summed E-state index contributed by atoms with van der Waals surface area (Å²) in [6, 6.07) is 0. The van der Waals surface area contributed by atoms with E-state index in [0.29, 0.717) is 31.1 Å². The van der Waals surface area contributed by atoms with Gasteiger partial charge in [0.2, 0.25) is 0 Å². The number of hydrogen-bond donors (Lipinski definition) is 2. The minimum Gasteiger partial charge on any atom is -0.481 e. The second-order valence-corrected chi connectivity index (χ2v) is 19.6. The van der Waals surface area contributed by atoms with Crippen molar-refractivity contribution in [3.63, 3.8) is 0 Å². The zero-order valence-electron chi connectivity index (χ0n) is 31.9. The fourth-order valence-corrected chi connectivity index (χ4v) is 12.9. The summed E-state index contributed by atoms with van der Waals surface area (Å²) in [5, 5.41) is 13.1. The predicted molar refractivity (Wildman–Crippen MR) is 191 cm³/mol. The predicted octanol–water partition coefficient (Wildman–Crippen LogP) is 9.93. The number of allylic oxidation sites excluding steroid dienone is 5. The van der Waals surface area contributed by atoms with Crippen LogP contribution in [0.2, 0.25) is 0 Å². The van der Waals surface area contributed by atoms with E-state index in [-0.39, 0.29) is 45.7 Å². The first-order chi connectivity index (χ1) is 22.6. The molecule has 0 spiro atoms. The maximum atomic E-state index is 13.9. The number of rotatable bonds is 5. The number of Topliss-reactive ketones (excluding diaryl/α,β-unsaturated/α-hetero) is 1. The van der Waals surface area contributed by atoms with E-state index < -0.39 is 35.3 Å². The monoisotopic (exact) mass is 679 g/mol. The van der Waals surface area contributed by atoms with Crippen LogP contribution in [-0.4, -0.2) is 40.8 Å². The van der Waals surface area contributed by atoms with Gasteiger partial charge < -0.3 is 15.2 Å². The van der Waals surface area contributed by atoms with Crippen LogP contribution in [0.15, 0.2) is 34.4 Å². The van der Waals surface area contributed by atoms with Crippen molar-refractivity contribution in [2.24, 2.45) is 50.7 Å². The number of ketones is 1. The number of halogens is 1. The van der Waals surface area contributed by atoms with Crippen molar-refractivity contribution in [1.82, 2.24) is 5.32 Å². The Kier molecular flexibility index (Phi) is 8.56. The third-order valence-electron chi connectivity index (χ3n) is 15.4. The summed E-state index contributed by atoms with van der Waals surface area (Å²) in [6.45, 7) is 21.5. The van der Waals surface area contributed by atoms with Crippen LogP contribution < -0.4 is 5.32 Å². The van der Waals surface area contributed by atoms with Gasteiger partial charge in [-0.15, -0.1) is 0 Å². The molecule has 3 fully saturated rings. The minimum absolute atomic E-state index is 0.0182. The van der Waals surface area contributed by atoms with Gasteiger partial charge in [0.25, 0.3) is 0 Å². The maximum absolute atomic E-state index is 13.9. The molecule has 8 atom stereocenters. The van der Waals surface area contributed by atoms with Crippen molar-refractivity contribution in [2.75, 3.05) is 6.67 Å². The summed E-state index contributed by atoms with van der Waals surface area (Å²) in [5.74, 6) is 0.458. The highest BCUT2D eigenvalue weighted by molar-refractivity contribution is 6.02. The van der Waals surface area contributed by atoms with E-state index in [0.717, 1.165) is 50.5 Å². The van der Waals surface area contributed by atoms with Gasteiger partial charge in [-0.05, 0) is 153 Å². The molecule has 6 rings (SSSR count). The molecule has 1 unspecified atom stereocenters. The Morgan fingerprint density at radius 3 is 2.22 bits per heavy atom. The SMILES string of the molecule is CC(C)C1=C2[C@H]3CC[C@@H]4[C@@]5(C)CC=C(C6=CCC(CF)(C(=O)O)CC6)C(C)(C)[C@@H]5CC[C@@]4(C)[C@]3(C)CC[C@@]2(NC(=O)OC(C)(C)C)CC1=O. The van der Waals surface area contributed by atoms with E-state index >= 15 is 0 Å². The molecule has 0 aliphatic heterocycles. The number of alkyl carbamates (subject to hydrolysis) is 1. The second-order valence-electron chi connectivity index (χ2n) is 19.6. The Balaban J connectivity index is 1.34. The molecule has 2 N–H and O–H groups in total. The number of carboxylic acid groups (broad SMARTS) is 1. The fourth-order valence-electron chi connectivity index (χ4n) is 12.9. The zero-order valence-corrected chi connectivity index (χ0v) is 31.9. The van der Waals surface area contributed by atoms with Gasteiger partial charge in [0.15, 0.2) is 5.78 Å². The number of alkyl halides is 1. The smallest absolute Gasteiger partial charge is 0.408 e. The van der Waals surface area contributed by atoms with Crippen molar-refractivity contribution < 1.29 is 28.6 Å². The van der Waals surface area contributed by atoms with Gasteiger partial charge in [-0.25, -0.2) is 9.18 Å². The number of amides is 1. The molecule has 0 aromatic carbocycles. The Morgan fingerprint density at radius 1 is 0.959 bits per heavy atom. The van der Waals surface area contributed by atoms with Crippen LogP contribution in [0.5, 0.6) is 0 Å². The van der Waals surface area contributed by atoms with Crippen molar-refractivity contribution in [1.29, 1.82) is 0 Å². The summed E-state index contributed by atoms with van der Waals surface area (Å²) in [7, 11) is 0. The molecule has 0 saturated heterocycles. The highest BCUT2D eigenvalue weighted by Gasteiger charge is 2.69. The molecular formula is C42H62FNO5. The van der Waals surface area contributed by atoms with E-state index in [2.05, 4.69) is 59.9 Å². The Labute approximate surface area is 294 Å². The van der Waals surface area contributed by atoms with Gasteiger partial charge in [-0.2, -0.15) is 0 Å². The number of ether oxygens (including phenoxy) is 1. The molecule has 1 amide bonds. The van der Waals surface area contributed by atoms with E-state index in [1.807, 2.05) is 26.8 Å². The number of fused-ring (bicyclic) bond motifs is 7. The Hall–Kier alpha value is -2.44. The quantitative estimate of drug-likeness (QED) is 0.302. The van der Waals surface area contributed by atoms with Crippen LogP contribution >= 0.6 is 0 Å². The number of carbonyl (C=O) groups is 3. The van der Waals surface area contributed by atoms with E-state index in [9.17, 15) is 23.9 Å².